The lowest BCUT2D eigenvalue weighted by atomic mass is 10.1. The monoisotopic (exact) mass is 384 g/mol. The van der Waals surface area contributed by atoms with E-state index in [-0.39, 0.29) is 17.3 Å². The van der Waals surface area contributed by atoms with Crippen LogP contribution in [0.5, 0.6) is 0 Å². The first kappa shape index (κ1) is 18.8. The second kappa shape index (κ2) is 8.18. The zero-order valence-corrected chi connectivity index (χ0v) is 15.7. The molecule has 140 valence electrons. The zero-order chi connectivity index (χ0) is 19.3. The van der Waals surface area contributed by atoms with Crippen molar-refractivity contribution in [2.75, 3.05) is 6.61 Å². The Labute approximate surface area is 158 Å². The molecule has 0 aliphatic heterocycles. The number of aryl methyl sites for hydroxylation is 1. The van der Waals surface area contributed by atoms with E-state index >= 15 is 0 Å². The predicted molar refractivity (Wildman–Crippen MR) is 101 cm³/mol. The van der Waals surface area contributed by atoms with E-state index in [4.69, 9.17) is 4.74 Å². The topological polar surface area (TPSA) is 78.3 Å². The second-order valence-electron chi connectivity index (χ2n) is 6.08. The maximum atomic E-state index is 12.5. The van der Waals surface area contributed by atoms with E-state index in [1.807, 2.05) is 17.7 Å². The van der Waals surface area contributed by atoms with E-state index in [1.54, 1.807) is 60.8 Å². The molecule has 0 saturated carbocycles. The lowest BCUT2D eigenvalue weighted by molar-refractivity contribution is 0.0490. The molecule has 0 bridgehead atoms. The second-order valence-corrected chi connectivity index (χ2v) is 8.07. The lowest BCUT2D eigenvalue weighted by Crippen LogP contribution is -2.12. The van der Waals surface area contributed by atoms with Gasteiger partial charge in [-0.25, -0.2) is 18.2 Å². The van der Waals surface area contributed by atoms with Crippen molar-refractivity contribution in [3.05, 3.63) is 83.9 Å². The Hall–Kier alpha value is -2.93. The number of carbonyl (C=O) groups is 1. The molecule has 0 saturated heterocycles. The lowest BCUT2D eigenvalue weighted by Gasteiger charge is -2.09. The van der Waals surface area contributed by atoms with Crippen LogP contribution >= 0.6 is 0 Å². The van der Waals surface area contributed by atoms with Gasteiger partial charge in [0.1, 0.15) is 12.4 Å². The average molecular weight is 384 g/mol. The minimum absolute atomic E-state index is 0.174. The van der Waals surface area contributed by atoms with Gasteiger partial charge in [0, 0.05) is 12.4 Å². The van der Waals surface area contributed by atoms with Crippen molar-refractivity contribution in [2.24, 2.45) is 0 Å². The van der Waals surface area contributed by atoms with Gasteiger partial charge in [0.15, 0.2) is 9.84 Å². The molecule has 3 aromatic rings. The van der Waals surface area contributed by atoms with Crippen molar-refractivity contribution in [3.63, 3.8) is 0 Å². The molecule has 0 atom stereocenters. The first-order valence-electron chi connectivity index (χ1n) is 8.47. The number of carbonyl (C=O) groups excluding carboxylic acids is 1. The summed E-state index contributed by atoms with van der Waals surface area (Å²) in [6, 6.07) is 14.8. The highest BCUT2D eigenvalue weighted by Crippen LogP contribution is 2.17. The van der Waals surface area contributed by atoms with Crippen LogP contribution in [0.4, 0.5) is 0 Å². The van der Waals surface area contributed by atoms with E-state index in [0.29, 0.717) is 17.7 Å². The first-order valence-corrected chi connectivity index (χ1v) is 10.1. The van der Waals surface area contributed by atoms with Gasteiger partial charge in [-0.05, 0) is 36.8 Å². The molecule has 0 N–H and O–H groups in total. The number of hydrogen-bond acceptors (Lipinski definition) is 5. The Bertz CT molecular complexity index is 1030. The molecule has 0 unspecified atom stereocenters. The number of hydrogen-bond donors (Lipinski definition) is 0. The highest BCUT2D eigenvalue weighted by Gasteiger charge is 2.16. The van der Waals surface area contributed by atoms with Gasteiger partial charge >= 0.3 is 5.97 Å². The number of nitrogens with zero attached hydrogens (tertiary/aromatic N) is 2. The summed E-state index contributed by atoms with van der Waals surface area (Å²) in [5, 5.41) is 0. The number of benzene rings is 2. The van der Waals surface area contributed by atoms with Crippen molar-refractivity contribution >= 4 is 15.8 Å². The summed E-state index contributed by atoms with van der Waals surface area (Å²) in [6.07, 6.45) is 3.51. The third-order valence-corrected chi connectivity index (χ3v) is 5.81. The van der Waals surface area contributed by atoms with Crippen LogP contribution in [-0.4, -0.2) is 30.5 Å². The summed E-state index contributed by atoms with van der Waals surface area (Å²) in [6.45, 7) is 2.60. The van der Waals surface area contributed by atoms with Gasteiger partial charge in [-0.1, -0.05) is 30.3 Å². The number of ether oxygens (including phenoxy) is 1. The Morgan fingerprint density at radius 3 is 2.59 bits per heavy atom. The molecule has 7 heteroatoms. The fourth-order valence-electron chi connectivity index (χ4n) is 2.68. The van der Waals surface area contributed by atoms with Crippen LogP contribution in [0.3, 0.4) is 0 Å². The highest BCUT2D eigenvalue weighted by atomic mass is 32.2. The largest absolute Gasteiger partial charge is 0.460 e. The minimum atomic E-state index is -3.47. The predicted octanol–water partition coefficient (Wildman–Crippen LogP) is 3.02. The van der Waals surface area contributed by atoms with Gasteiger partial charge in [-0.15, -0.1) is 0 Å². The maximum absolute atomic E-state index is 12.5. The minimum Gasteiger partial charge on any atom is -0.460 e. The fraction of sp³-hybridized carbons (Fsp3) is 0.200. The van der Waals surface area contributed by atoms with Crippen LogP contribution in [0, 0.1) is 6.92 Å². The summed E-state index contributed by atoms with van der Waals surface area (Å²) in [4.78, 5) is 16.6. The van der Waals surface area contributed by atoms with E-state index in [1.165, 1.54) is 0 Å². The molecule has 1 aromatic heterocycles. The van der Waals surface area contributed by atoms with Crippen molar-refractivity contribution in [2.45, 2.75) is 24.1 Å². The molecule has 1 heterocycles. The smallest absolute Gasteiger partial charge is 0.338 e. The summed E-state index contributed by atoms with van der Waals surface area (Å²) in [5.41, 5.74) is 0.872. The van der Waals surface area contributed by atoms with Crippen molar-refractivity contribution in [1.29, 1.82) is 0 Å². The fourth-order valence-corrected chi connectivity index (χ4v) is 4.04. The molecular formula is C20H20N2O4S. The van der Waals surface area contributed by atoms with E-state index < -0.39 is 15.8 Å². The third-order valence-electron chi connectivity index (χ3n) is 4.11. The standard InChI is InChI=1S/C20H20N2O4S/c1-16-21-10-11-22(16)12-13-26-20(23)18-7-5-6-17(14-18)15-27(24,25)19-8-3-2-4-9-19/h2-11,14H,12-13,15H2,1H3. The zero-order valence-electron chi connectivity index (χ0n) is 14.9. The Morgan fingerprint density at radius 2 is 1.89 bits per heavy atom. The molecule has 27 heavy (non-hydrogen) atoms. The summed E-state index contributed by atoms with van der Waals surface area (Å²) < 4.78 is 32.2. The van der Waals surface area contributed by atoms with Crippen LogP contribution in [0.2, 0.25) is 0 Å². The first-order chi connectivity index (χ1) is 13.0. The van der Waals surface area contributed by atoms with Crippen molar-refractivity contribution in [1.82, 2.24) is 9.55 Å². The van der Waals surface area contributed by atoms with Crippen molar-refractivity contribution in [3.8, 4) is 0 Å². The van der Waals surface area contributed by atoms with Crippen LogP contribution in [0.15, 0.2) is 71.9 Å². The van der Waals surface area contributed by atoms with Crippen LogP contribution in [-0.2, 0) is 26.9 Å². The molecule has 3 rings (SSSR count). The number of sulfone groups is 1. The molecule has 0 fully saturated rings. The Balaban J connectivity index is 1.64. The van der Waals surface area contributed by atoms with E-state index in [2.05, 4.69) is 4.98 Å². The maximum Gasteiger partial charge on any atom is 0.338 e. The quantitative estimate of drug-likeness (QED) is 0.585. The molecule has 0 radical (unpaired) electrons. The Morgan fingerprint density at radius 1 is 1.11 bits per heavy atom. The van der Waals surface area contributed by atoms with Crippen LogP contribution in [0.25, 0.3) is 0 Å². The number of esters is 1. The van der Waals surface area contributed by atoms with Crippen molar-refractivity contribution < 1.29 is 17.9 Å². The van der Waals surface area contributed by atoms with Crippen LogP contribution < -0.4 is 0 Å². The Kier molecular flexibility index (Phi) is 5.71. The summed E-state index contributed by atoms with van der Waals surface area (Å²) >= 11 is 0. The molecule has 0 spiro atoms. The molecule has 2 aromatic carbocycles. The van der Waals surface area contributed by atoms with Gasteiger partial charge in [-0.2, -0.15) is 0 Å². The van der Waals surface area contributed by atoms with Gasteiger partial charge in [0.25, 0.3) is 0 Å². The average Bonchev–Trinajstić information content (AvgIpc) is 3.07. The number of aromatic nitrogens is 2. The van der Waals surface area contributed by atoms with Crippen LogP contribution in [0.1, 0.15) is 21.7 Å². The molecular weight excluding hydrogens is 364 g/mol. The van der Waals surface area contributed by atoms with Gasteiger partial charge in [-0.3, -0.25) is 0 Å². The summed E-state index contributed by atoms with van der Waals surface area (Å²) in [5.74, 6) is 0.192. The van der Waals surface area contributed by atoms with Gasteiger partial charge in [0.2, 0.25) is 0 Å². The number of rotatable bonds is 7. The normalized spacial score (nSPS) is 11.3. The van der Waals surface area contributed by atoms with Gasteiger partial charge in [0.05, 0.1) is 22.8 Å². The van der Waals surface area contributed by atoms with E-state index in [9.17, 15) is 13.2 Å². The molecule has 0 aliphatic carbocycles. The number of imidazole rings is 1. The molecule has 0 aliphatic rings. The highest BCUT2D eigenvalue weighted by molar-refractivity contribution is 7.90. The summed E-state index contributed by atoms with van der Waals surface area (Å²) in [7, 11) is -3.47. The SMILES string of the molecule is Cc1nccn1CCOC(=O)c1cccc(CS(=O)(=O)c2ccccc2)c1. The van der Waals surface area contributed by atoms with E-state index in [0.717, 1.165) is 5.82 Å². The molecule has 0 amide bonds. The third kappa shape index (κ3) is 4.83. The van der Waals surface area contributed by atoms with Gasteiger partial charge < -0.3 is 9.30 Å². The molecule has 6 nitrogen and oxygen atoms in total.